The van der Waals surface area contributed by atoms with E-state index in [1.807, 2.05) is 37.7 Å². The summed E-state index contributed by atoms with van der Waals surface area (Å²) in [6.45, 7) is 3.96. The average molecular weight is 403 g/mol. The lowest BCUT2D eigenvalue weighted by atomic mass is 10.0. The van der Waals surface area contributed by atoms with E-state index in [1.54, 1.807) is 12.1 Å². The number of nitrogens with one attached hydrogen (secondary N) is 1. The van der Waals surface area contributed by atoms with E-state index in [-0.39, 0.29) is 11.4 Å². The van der Waals surface area contributed by atoms with Gasteiger partial charge in [0.2, 0.25) is 0 Å². The molecule has 0 unspecified atom stereocenters. The predicted octanol–water partition coefficient (Wildman–Crippen LogP) is 5.26. The maximum absolute atomic E-state index is 12.7. The van der Waals surface area contributed by atoms with Crippen molar-refractivity contribution >= 4 is 11.8 Å². The van der Waals surface area contributed by atoms with E-state index in [2.05, 4.69) is 10.4 Å². The molecule has 0 aliphatic rings. The quantitative estimate of drug-likeness (QED) is 0.647. The van der Waals surface area contributed by atoms with Crippen LogP contribution in [0.4, 0.5) is 23.7 Å². The van der Waals surface area contributed by atoms with Crippen molar-refractivity contribution in [2.24, 2.45) is 7.05 Å². The zero-order valence-electron chi connectivity index (χ0n) is 16.2. The minimum Gasteiger partial charge on any atom is -0.410 e. The van der Waals surface area contributed by atoms with Crippen LogP contribution >= 0.6 is 0 Å². The second kappa shape index (κ2) is 7.98. The highest BCUT2D eigenvalue weighted by Crippen LogP contribution is 2.30. The molecule has 29 heavy (non-hydrogen) atoms. The maximum Gasteiger partial charge on any atom is 0.417 e. The first-order chi connectivity index (χ1) is 13.6. The van der Waals surface area contributed by atoms with E-state index in [0.717, 1.165) is 34.6 Å². The molecule has 0 radical (unpaired) electrons. The highest BCUT2D eigenvalue weighted by Gasteiger charge is 2.30. The first-order valence-electron chi connectivity index (χ1n) is 8.87. The molecule has 1 N–H and O–H groups in total. The van der Waals surface area contributed by atoms with Gasteiger partial charge in [0.15, 0.2) is 0 Å². The van der Waals surface area contributed by atoms with Crippen molar-refractivity contribution < 1.29 is 22.7 Å². The van der Waals surface area contributed by atoms with Crippen molar-refractivity contribution in [2.45, 2.75) is 26.4 Å². The molecule has 3 rings (SSSR count). The normalized spacial score (nSPS) is 11.4. The molecule has 0 bridgehead atoms. The number of alkyl halides is 3. The van der Waals surface area contributed by atoms with E-state index >= 15 is 0 Å². The van der Waals surface area contributed by atoms with Crippen LogP contribution in [0.1, 0.15) is 28.1 Å². The van der Waals surface area contributed by atoms with Crippen LogP contribution in [0.2, 0.25) is 0 Å². The second-order valence-corrected chi connectivity index (χ2v) is 6.69. The largest absolute Gasteiger partial charge is 0.417 e. The van der Waals surface area contributed by atoms with E-state index in [4.69, 9.17) is 4.74 Å². The maximum atomic E-state index is 12.7. The van der Waals surface area contributed by atoms with Crippen LogP contribution in [-0.4, -0.2) is 15.9 Å². The van der Waals surface area contributed by atoms with Gasteiger partial charge in [-0.05, 0) is 49.7 Å². The Hall–Kier alpha value is -3.29. The molecule has 8 heteroatoms. The molecule has 0 spiro atoms. The van der Waals surface area contributed by atoms with Gasteiger partial charge in [0.05, 0.1) is 11.3 Å². The van der Waals surface area contributed by atoms with E-state index in [9.17, 15) is 18.0 Å². The van der Waals surface area contributed by atoms with Crippen LogP contribution in [0.15, 0.2) is 48.5 Å². The van der Waals surface area contributed by atoms with Crippen molar-refractivity contribution in [3.8, 4) is 5.75 Å². The van der Waals surface area contributed by atoms with Crippen molar-refractivity contribution in [3.63, 3.8) is 0 Å². The highest BCUT2D eigenvalue weighted by molar-refractivity contribution is 5.86. The molecule has 0 saturated heterocycles. The number of aryl methyl sites for hydroxylation is 2. The zero-order valence-corrected chi connectivity index (χ0v) is 16.2. The van der Waals surface area contributed by atoms with Crippen LogP contribution in [-0.2, 0) is 19.6 Å². The van der Waals surface area contributed by atoms with Crippen molar-refractivity contribution in [2.75, 3.05) is 5.32 Å². The van der Waals surface area contributed by atoms with Crippen LogP contribution in [0.3, 0.4) is 0 Å². The fourth-order valence-electron chi connectivity index (χ4n) is 2.98. The van der Waals surface area contributed by atoms with Gasteiger partial charge in [0.25, 0.3) is 0 Å². The van der Waals surface area contributed by atoms with Crippen LogP contribution in [0, 0.1) is 13.8 Å². The average Bonchev–Trinajstić information content (AvgIpc) is 2.89. The van der Waals surface area contributed by atoms with Gasteiger partial charge in [-0.15, -0.1) is 0 Å². The van der Waals surface area contributed by atoms with Gasteiger partial charge in [-0.2, -0.15) is 18.3 Å². The molecule has 0 atom stereocenters. The Morgan fingerprint density at radius 2 is 1.83 bits per heavy atom. The van der Waals surface area contributed by atoms with Crippen LogP contribution < -0.4 is 10.1 Å². The number of amides is 1. The summed E-state index contributed by atoms with van der Waals surface area (Å²) in [6.07, 6.45) is -4.65. The van der Waals surface area contributed by atoms with Gasteiger partial charge in [-0.3, -0.25) is 10.00 Å². The number of carbonyl (C=O) groups is 1. The minimum absolute atomic E-state index is 0.00368. The fraction of sp³-hybridized carbons (Fsp3) is 0.238. The molecule has 3 aromatic rings. The molecule has 0 aliphatic heterocycles. The minimum atomic E-state index is -4.48. The molecule has 0 saturated carbocycles. The Balaban J connectivity index is 1.63. The molecule has 1 amide bonds. The first-order valence-corrected chi connectivity index (χ1v) is 8.87. The summed E-state index contributed by atoms with van der Waals surface area (Å²) in [5.41, 5.74) is 3.37. The number of benzene rings is 2. The molecule has 0 fully saturated rings. The van der Waals surface area contributed by atoms with E-state index in [0.29, 0.717) is 6.42 Å². The number of rotatable bonds is 4. The Labute approximate surface area is 166 Å². The van der Waals surface area contributed by atoms with Crippen LogP contribution in [0.25, 0.3) is 0 Å². The van der Waals surface area contributed by atoms with Gasteiger partial charge in [0, 0.05) is 30.4 Å². The fourth-order valence-corrected chi connectivity index (χ4v) is 2.98. The summed E-state index contributed by atoms with van der Waals surface area (Å²) in [5, 5.41) is 6.70. The molecule has 0 aliphatic carbocycles. The number of aromatic nitrogens is 2. The summed E-state index contributed by atoms with van der Waals surface area (Å²) >= 11 is 0. The third-order valence-corrected chi connectivity index (χ3v) is 4.61. The van der Waals surface area contributed by atoms with Crippen LogP contribution in [0.5, 0.6) is 5.75 Å². The van der Waals surface area contributed by atoms with E-state index in [1.165, 1.54) is 12.1 Å². The number of ether oxygens (including phenoxy) is 1. The second-order valence-electron chi connectivity index (χ2n) is 6.69. The summed E-state index contributed by atoms with van der Waals surface area (Å²) < 4.78 is 45.2. The lowest BCUT2D eigenvalue weighted by Gasteiger charge is -2.10. The SMILES string of the molecule is Cc1nn(C)c(C)c1Cc1ccc(OC(=O)Nc2cccc(C(F)(F)F)c2)cc1. The molecule has 5 nitrogen and oxygen atoms in total. The molecular formula is C21H20F3N3O2. The molecule has 1 heterocycles. The molecule has 2 aromatic carbocycles. The highest BCUT2D eigenvalue weighted by atomic mass is 19.4. The zero-order chi connectivity index (χ0) is 21.2. The Bertz CT molecular complexity index is 1020. The van der Waals surface area contributed by atoms with Gasteiger partial charge < -0.3 is 4.74 Å². The number of carbonyl (C=O) groups excluding carboxylic acids is 1. The summed E-state index contributed by atoms with van der Waals surface area (Å²) in [6, 6.07) is 11.3. The van der Waals surface area contributed by atoms with Crippen molar-refractivity contribution in [1.29, 1.82) is 0 Å². The summed E-state index contributed by atoms with van der Waals surface area (Å²) in [5.74, 6) is 0.290. The monoisotopic (exact) mass is 403 g/mol. The summed E-state index contributed by atoms with van der Waals surface area (Å²) in [7, 11) is 1.89. The van der Waals surface area contributed by atoms with Gasteiger partial charge in [0.1, 0.15) is 5.75 Å². The van der Waals surface area contributed by atoms with Gasteiger partial charge in [-0.25, -0.2) is 4.79 Å². The standard InChI is InChI=1S/C21H20F3N3O2/c1-13-19(14(2)27(3)26-13)11-15-7-9-18(10-8-15)29-20(28)25-17-6-4-5-16(12-17)21(22,23)24/h4-10,12H,11H2,1-3H3,(H,25,28). The third kappa shape index (κ3) is 4.96. The Kier molecular flexibility index (Phi) is 5.63. The molecule has 1 aromatic heterocycles. The van der Waals surface area contributed by atoms with Crippen molar-refractivity contribution in [1.82, 2.24) is 9.78 Å². The molecule has 152 valence electrons. The van der Waals surface area contributed by atoms with Gasteiger partial charge in [-0.1, -0.05) is 18.2 Å². The van der Waals surface area contributed by atoms with Gasteiger partial charge >= 0.3 is 12.3 Å². The topological polar surface area (TPSA) is 56.2 Å². The van der Waals surface area contributed by atoms with E-state index < -0.39 is 17.8 Å². The third-order valence-electron chi connectivity index (χ3n) is 4.61. The number of anilines is 1. The Morgan fingerprint density at radius 3 is 2.41 bits per heavy atom. The van der Waals surface area contributed by atoms with Crippen molar-refractivity contribution in [3.05, 3.63) is 76.6 Å². The number of halogens is 3. The smallest absolute Gasteiger partial charge is 0.410 e. The number of nitrogens with zero attached hydrogens (tertiary/aromatic N) is 2. The molecular weight excluding hydrogens is 383 g/mol. The number of hydrogen-bond donors (Lipinski definition) is 1. The lowest BCUT2D eigenvalue weighted by Crippen LogP contribution is -2.17. The lowest BCUT2D eigenvalue weighted by molar-refractivity contribution is -0.137. The first kappa shape index (κ1) is 20.4. The Morgan fingerprint density at radius 1 is 1.14 bits per heavy atom. The predicted molar refractivity (Wildman–Crippen MR) is 103 cm³/mol. The number of hydrogen-bond acceptors (Lipinski definition) is 3. The summed E-state index contributed by atoms with van der Waals surface area (Å²) in [4.78, 5) is 12.0.